The van der Waals surface area contributed by atoms with Crippen LogP contribution >= 0.6 is 0 Å². The van der Waals surface area contributed by atoms with Gasteiger partial charge < -0.3 is 10.0 Å². The van der Waals surface area contributed by atoms with Crippen LogP contribution in [0.4, 0.5) is 0 Å². The highest BCUT2D eigenvalue weighted by Crippen LogP contribution is 2.14. The third kappa shape index (κ3) is 6.16. The minimum atomic E-state index is -0.184. The maximum atomic E-state index is 9.39. The molecule has 0 rings (SSSR count). The van der Waals surface area contributed by atoms with Gasteiger partial charge in [0.15, 0.2) is 0 Å². The number of aliphatic hydroxyl groups is 1. The molecule has 2 atom stereocenters. The lowest BCUT2D eigenvalue weighted by Crippen LogP contribution is -2.38. The molecule has 0 aromatic heterocycles. The van der Waals surface area contributed by atoms with Crippen molar-refractivity contribution in [2.75, 3.05) is 13.1 Å². The third-order valence-corrected chi connectivity index (χ3v) is 3.36. The van der Waals surface area contributed by atoms with Gasteiger partial charge in [-0.25, -0.2) is 0 Å². The van der Waals surface area contributed by atoms with Crippen LogP contribution in [0.1, 0.15) is 53.9 Å². The number of hydrogen-bond acceptors (Lipinski definition) is 2. The zero-order valence-electron chi connectivity index (χ0n) is 11.2. The molecule has 0 fully saturated rings. The van der Waals surface area contributed by atoms with Crippen molar-refractivity contribution in [3.05, 3.63) is 0 Å². The summed E-state index contributed by atoms with van der Waals surface area (Å²) in [4.78, 5) is 2.49. The van der Waals surface area contributed by atoms with E-state index in [2.05, 4.69) is 32.6 Å². The minimum Gasteiger partial charge on any atom is -0.393 e. The first-order valence-electron chi connectivity index (χ1n) is 6.47. The van der Waals surface area contributed by atoms with E-state index in [4.69, 9.17) is 0 Å². The molecule has 0 aliphatic rings. The van der Waals surface area contributed by atoms with Crippen LogP contribution in [0.2, 0.25) is 0 Å². The quantitative estimate of drug-likeness (QED) is 0.673. The highest BCUT2D eigenvalue weighted by atomic mass is 16.3. The van der Waals surface area contributed by atoms with Crippen LogP contribution in [0.5, 0.6) is 0 Å². The topological polar surface area (TPSA) is 23.5 Å². The van der Waals surface area contributed by atoms with E-state index in [0.29, 0.717) is 6.04 Å². The predicted octanol–water partition coefficient (Wildman–Crippen LogP) is 2.90. The second-order valence-electron chi connectivity index (χ2n) is 4.70. The van der Waals surface area contributed by atoms with Gasteiger partial charge in [0, 0.05) is 12.6 Å². The molecule has 0 bridgehead atoms. The molecular weight excluding hydrogens is 186 g/mol. The average Bonchev–Trinajstić information content (AvgIpc) is 2.18. The lowest BCUT2D eigenvalue weighted by atomic mass is 10.0. The molecule has 2 unspecified atom stereocenters. The van der Waals surface area contributed by atoms with Crippen LogP contribution in [-0.4, -0.2) is 35.2 Å². The molecule has 0 radical (unpaired) electrons. The molecule has 0 aromatic carbocycles. The third-order valence-electron chi connectivity index (χ3n) is 3.36. The van der Waals surface area contributed by atoms with E-state index in [0.717, 1.165) is 18.9 Å². The van der Waals surface area contributed by atoms with Gasteiger partial charge in [0.1, 0.15) is 0 Å². The number of aliphatic hydroxyl groups excluding tert-OH is 1. The van der Waals surface area contributed by atoms with Gasteiger partial charge in [-0.3, -0.25) is 0 Å². The van der Waals surface area contributed by atoms with Crippen LogP contribution < -0.4 is 0 Å². The fourth-order valence-electron chi connectivity index (χ4n) is 2.14. The van der Waals surface area contributed by atoms with E-state index in [1.807, 2.05) is 6.92 Å². The largest absolute Gasteiger partial charge is 0.393 e. The van der Waals surface area contributed by atoms with Gasteiger partial charge in [-0.1, -0.05) is 33.6 Å². The summed E-state index contributed by atoms with van der Waals surface area (Å²) in [7, 11) is 0. The molecule has 0 saturated carbocycles. The fraction of sp³-hybridized carbons (Fsp3) is 1.00. The molecule has 15 heavy (non-hydrogen) atoms. The van der Waals surface area contributed by atoms with Crippen LogP contribution in [0, 0.1) is 5.92 Å². The van der Waals surface area contributed by atoms with E-state index in [-0.39, 0.29) is 6.10 Å². The van der Waals surface area contributed by atoms with Gasteiger partial charge in [-0.2, -0.15) is 0 Å². The highest BCUT2D eigenvalue weighted by molar-refractivity contribution is 4.71. The van der Waals surface area contributed by atoms with E-state index in [1.54, 1.807) is 0 Å². The first-order valence-corrected chi connectivity index (χ1v) is 6.47. The summed E-state index contributed by atoms with van der Waals surface area (Å²) in [5.74, 6) is 0.807. The summed E-state index contributed by atoms with van der Waals surface area (Å²) in [6.07, 6.45) is 3.22. The Morgan fingerprint density at radius 3 is 1.93 bits per heavy atom. The monoisotopic (exact) mass is 215 g/mol. The SMILES string of the molecule is CCC(CC)CN(CC)C(C)CC(C)O. The average molecular weight is 215 g/mol. The molecule has 2 nitrogen and oxygen atoms in total. The summed E-state index contributed by atoms with van der Waals surface area (Å²) in [5, 5.41) is 9.39. The molecule has 0 spiro atoms. The molecule has 0 aromatic rings. The molecule has 0 heterocycles. The molecule has 0 saturated heterocycles. The Kier molecular flexibility index (Phi) is 8.07. The van der Waals surface area contributed by atoms with E-state index < -0.39 is 0 Å². The number of nitrogens with zero attached hydrogens (tertiary/aromatic N) is 1. The zero-order chi connectivity index (χ0) is 11.8. The van der Waals surface area contributed by atoms with Crippen LogP contribution in [0.3, 0.4) is 0 Å². The fourth-order valence-corrected chi connectivity index (χ4v) is 2.14. The van der Waals surface area contributed by atoms with Crippen molar-refractivity contribution in [2.45, 2.75) is 66.0 Å². The molecule has 1 N–H and O–H groups in total. The van der Waals surface area contributed by atoms with Gasteiger partial charge in [-0.05, 0) is 32.7 Å². The van der Waals surface area contributed by atoms with Crippen molar-refractivity contribution in [3.63, 3.8) is 0 Å². The van der Waals surface area contributed by atoms with Crippen molar-refractivity contribution in [3.8, 4) is 0 Å². The van der Waals surface area contributed by atoms with Crippen molar-refractivity contribution in [1.82, 2.24) is 4.90 Å². The summed E-state index contributed by atoms with van der Waals surface area (Å²) in [6, 6.07) is 0.496. The summed E-state index contributed by atoms with van der Waals surface area (Å²) >= 11 is 0. The lowest BCUT2D eigenvalue weighted by Gasteiger charge is -2.31. The number of hydrogen-bond donors (Lipinski definition) is 1. The summed E-state index contributed by atoms with van der Waals surface area (Å²) in [5.41, 5.74) is 0. The zero-order valence-corrected chi connectivity index (χ0v) is 11.2. The Balaban J connectivity index is 4.09. The predicted molar refractivity (Wildman–Crippen MR) is 67.1 cm³/mol. The smallest absolute Gasteiger partial charge is 0.0526 e. The van der Waals surface area contributed by atoms with Crippen molar-refractivity contribution in [1.29, 1.82) is 0 Å². The molecule has 0 aliphatic carbocycles. The Morgan fingerprint density at radius 1 is 1.07 bits per heavy atom. The Labute approximate surface area is 95.7 Å². The van der Waals surface area contributed by atoms with E-state index >= 15 is 0 Å². The van der Waals surface area contributed by atoms with Crippen molar-refractivity contribution < 1.29 is 5.11 Å². The maximum Gasteiger partial charge on any atom is 0.0526 e. The maximum absolute atomic E-state index is 9.39. The first-order chi connectivity index (χ1) is 7.04. The van der Waals surface area contributed by atoms with Crippen molar-refractivity contribution >= 4 is 0 Å². The van der Waals surface area contributed by atoms with Crippen LogP contribution in [-0.2, 0) is 0 Å². The second-order valence-corrected chi connectivity index (χ2v) is 4.70. The van der Waals surface area contributed by atoms with Gasteiger partial charge in [-0.15, -0.1) is 0 Å². The molecule has 0 amide bonds. The van der Waals surface area contributed by atoms with Crippen molar-refractivity contribution in [2.24, 2.45) is 5.92 Å². The summed E-state index contributed by atoms with van der Waals surface area (Å²) in [6.45, 7) is 13.1. The standard InChI is InChI=1S/C13H29NO/c1-6-13(7-2)10-14(8-3)11(4)9-12(5)15/h11-13,15H,6-10H2,1-5H3. The first kappa shape index (κ1) is 14.9. The van der Waals surface area contributed by atoms with Gasteiger partial charge in [0.05, 0.1) is 6.10 Å². The molecule has 2 heteroatoms. The normalized spacial score (nSPS) is 16.0. The minimum absolute atomic E-state index is 0.184. The van der Waals surface area contributed by atoms with Gasteiger partial charge in [0.2, 0.25) is 0 Å². The van der Waals surface area contributed by atoms with E-state index in [1.165, 1.54) is 19.4 Å². The number of rotatable bonds is 8. The second kappa shape index (κ2) is 8.12. The Bertz CT molecular complexity index is 143. The Hall–Kier alpha value is -0.0800. The van der Waals surface area contributed by atoms with Gasteiger partial charge in [0.25, 0.3) is 0 Å². The molecule has 0 aliphatic heterocycles. The van der Waals surface area contributed by atoms with Crippen LogP contribution in [0.15, 0.2) is 0 Å². The highest BCUT2D eigenvalue weighted by Gasteiger charge is 2.16. The molecule has 92 valence electrons. The summed E-state index contributed by atoms with van der Waals surface area (Å²) < 4.78 is 0. The van der Waals surface area contributed by atoms with E-state index in [9.17, 15) is 5.11 Å². The van der Waals surface area contributed by atoms with Gasteiger partial charge >= 0.3 is 0 Å². The molecular formula is C13H29NO. The Morgan fingerprint density at radius 2 is 1.60 bits per heavy atom. The lowest BCUT2D eigenvalue weighted by molar-refractivity contribution is 0.110. The van der Waals surface area contributed by atoms with Crippen LogP contribution in [0.25, 0.3) is 0 Å².